The summed E-state index contributed by atoms with van der Waals surface area (Å²) in [6, 6.07) is 8.10. The number of pyridine rings is 1. The van der Waals surface area contributed by atoms with Gasteiger partial charge in [0.1, 0.15) is 11.6 Å². The van der Waals surface area contributed by atoms with Crippen LogP contribution in [0.1, 0.15) is 64.5 Å². The van der Waals surface area contributed by atoms with Crippen molar-refractivity contribution in [2.24, 2.45) is 5.73 Å². The van der Waals surface area contributed by atoms with E-state index in [1.807, 2.05) is 22.9 Å². The Balaban J connectivity index is 1.76. The van der Waals surface area contributed by atoms with Gasteiger partial charge in [-0.05, 0) is 58.9 Å². The highest BCUT2D eigenvalue weighted by Gasteiger charge is 2.28. The number of aliphatic hydroxyl groups excluding tert-OH is 1. The Labute approximate surface area is 167 Å². The second kappa shape index (κ2) is 8.92. The lowest BCUT2D eigenvalue weighted by atomic mass is 10.0. The van der Waals surface area contributed by atoms with Gasteiger partial charge in [-0.25, -0.2) is 4.68 Å². The molecular formula is C21H33N5O2. The standard InChI is InChI=1S/C21H33N5O2/c1-21(2,3)26-19(14-17(25-26)15-9-10-16(22)13-15)23-18-7-6-8-20(24-18)28-12-5-4-11-27/h6-8,14-16,27H,4-5,9-13,22H2,1-3H3,(H,23,24). The lowest BCUT2D eigenvalue weighted by molar-refractivity contribution is 0.249. The summed E-state index contributed by atoms with van der Waals surface area (Å²) in [6.45, 7) is 7.16. The molecule has 2 atom stereocenters. The first-order valence-electron chi connectivity index (χ1n) is 10.2. The summed E-state index contributed by atoms with van der Waals surface area (Å²) < 4.78 is 7.71. The van der Waals surface area contributed by atoms with Crippen LogP contribution in [0.3, 0.4) is 0 Å². The molecule has 1 aliphatic rings. The van der Waals surface area contributed by atoms with Crippen LogP contribution in [0, 0.1) is 0 Å². The SMILES string of the molecule is CC(C)(C)n1nc(C2CCC(N)C2)cc1Nc1cccc(OCCCCO)n1. The third-order valence-corrected chi connectivity index (χ3v) is 5.04. The number of nitrogens with one attached hydrogen (secondary N) is 1. The highest BCUT2D eigenvalue weighted by Crippen LogP contribution is 2.35. The molecule has 154 valence electrons. The average Bonchev–Trinajstić information content (AvgIpc) is 3.25. The summed E-state index contributed by atoms with van der Waals surface area (Å²) in [4.78, 5) is 4.55. The molecule has 2 aromatic heterocycles. The molecule has 7 heteroatoms. The molecule has 0 saturated heterocycles. The zero-order chi connectivity index (χ0) is 20.1. The summed E-state index contributed by atoms with van der Waals surface area (Å²) in [7, 11) is 0. The van der Waals surface area contributed by atoms with Crippen LogP contribution in [0.4, 0.5) is 11.6 Å². The van der Waals surface area contributed by atoms with Crippen LogP contribution >= 0.6 is 0 Å². The third kappa shape index (κ3) is 5.23. The van der Waals surface area contributed by atoms with E-state index in [9.17, 15) is 0 Å². The first-order chi connectivity index (χ1) is 13.4. The predicted molar refractivity (Wildman–Crippen MR) is 111 cm³/mol. The summed E-state index contributed by atoms with van der Waals surface area (Å²) >= 11 is 0. The van der Waals surface area contributed by atoms with Gasteiger partial charge in [0.2, 0.25) is 5.88 Å². The number of aromatic nitrogens is 3. The number of anilines is 2. The first kappa shape index (κ1) is 20.6. The van der Waals surface area contributed by atoms with E-state index in [0.29, 0.717) is 18.4 Å². The predicted octanol–water partition coefficient (Wildman–Crippen LogP) is 3.52. The molecule has 1 aliphatic carbocycles. The van der Waals surface area contributed by atoms with E-state index in [1.165, 1.54) is 0 Å². The summed E-state index contributed by atoms with van der Waals surface area (Å²) in [5.74, 6) is 2.65. The molecule has 7 nitrogen and oxygen atoms in total. The maximum absolute atomic E-state index is 8.86. The van der Waals surface area contributed by atoms with Gasteiger partial charge in [0.05, 0.1) is 17.8 Å². The van der Waals surface area contributed by atoms with E-state index >= 15 is 0 Å². The molecule has 0 aromatic carbocycles. The first-order valence-corrected chi connectivity index (χ1v) is 10.2. The van der Waals surface area contributed by atoms with Crippen LogP contribution in [0.15, 0.2) is 24.3 Å². The molecule has 1 fully saturated rings. The van der Waals surface area contributed by atoms with Gasteiger partial charge in [-0.1, -0.05) is 6.07 Å². The molecule has 4 N–H and O–H groups in total. The molecule has 0 radical (unpaired) electrons. The number of hydrogen-bond donors (Lipinski definition) is 3. The Morgan fingerprint density at radius 1 is 1.29 bits per heavy atom. The highest BCUT2D eigenvalue weighted by atomic mass is 16.5. The van der Waals surface area contributed by atoms with Gasteiger partial charge in [-0.2, -0.15) is 10.1 Å². The van der Waals surface area contributed by atoms with Gasteiger partial charge >= 0.3 is 0 Å². The van der Waals surface area contributed by atoms with Gasteiger partial charge in [0, 0.05) is 30.7 Å². The van der Waals surface area contributed by atoms with Gasteiger partial charge in [0.25, 0.3) is 0 Å². The largest absolute Gasteiger partial charge is 0.478 e. The second-order valence-electron chi connectivity index (χ2n) is 8.57. The Morgan fingerprint density at radius 3 is 2.79 bits per heavy atom. The van der Waals surface area contributed by atoms with E-state index < -0.39 is 0 Å². The van der Waals surface area contributed by atoms with Crippen molar-refractivity contribution in [3.05, 3.63) is 30.0 Å². The summed E-state index contributed by atoms with van der Waals surface area (Å²) in [5.41, 5.74) is 7.05. The minimum atomic E-state index is -0.153. The maximum atomic E-state index is 8.86. The molecular weight excluding hydrogens is 354 g/mol. The van der Waals surface area contributed by atoms with Crippen molar-refractivity contribution in [3.63, 3.8) is 0 Å². The molecule has 0 bridgehead atoms. The molecule has 2 aromatic rings. The molecule has 3 rings (SSSR count). The molecule has 0 spiro atoms. The van der Waals surface area contributed by atoms with E-state index in [2.05, 4.69) is 37.1 Å². The Bertz CT molecular complexity index is 768. The zero-order valence-electron chi connectivity index (χ0n) is 17.2. The number of unbranched alkanes of at least 4 members (excludes halogenated alkanes) is 1. The van der Waals surface area contributed by atoms with Crippen LogP contribution in [-0.4, -0.2) is 39.1 Å². The maximum Gasteiger partial charge on any atom is 0.215 e. The van der Waals surface area contributed by atoms with Crippen LogP contribution in [0.25, 0.3) is 0 Å². The van der Waals surface area contributed by atoms with E-state index in [4.69, 9.17) is 20.7 Å². The van der Waals surface area contributed by atoms with Crippen LogP contribution < -0.4 is 15.8 Å². The number of nitrogens with two attached hydrogens (primary N) is 1. The van der Waals surface area contributed by atoms with Gasteiger partial charge in [-0.3, -0.25) is 0 Å². The van der Waals surface area contributed by atoms with E-state index in [0.717, 1.165) is 49.4 Å². The van der Waals surface area contributed by atoms with Gasteiger partial charge in [0.15, 0.2) is 0 Å². The van der Waals surface area contributed by atoms with Gasteiger partial charge in [-0.15, -0.1) is 0 Å². The smallest absolute Gasteiger partial charge is 0.215 e. The fraction of sp³-hybridized carbons (Fsp3) is 0.619. The van der Waals surface area contributed by atoms with Crippen molar-refractivity contribution < 1.29 is 9.84 Å². The topological polar surface area (TPSA) is 98.2 Å². The second-order valence-corrected chi connectivity index (χ2v) is 8.57. The summed E-state index contributed by atoms with van der Waals surface area (Å²) in [6.07, 6.45) is 4.69. The van der Waals surface area contributed by atoms with Crippen LogP contribution in [-0.2, 0) is 5.54 Å². The van der Waals surface area contributed by atoms with Crippen molar-refractivity contribution >= 4 is 11.6 Å². The number of aliphatic hydroxyl groups is 1. The van der Waals surface area contributed by atoms with Gasteiger partial charge < -0.3 is 20.9 Å². The zero-order valence-corrected chi connectivity index (χ0v) is 17.2. The minimum absolute atomic E-state index is 0.153. The quantitative estimate of drug-likeness (QED) is 0.600. The fourth-order valence-corrected chi connectivity index (χ4v) is 3.57. The van der Waals surface area contributed by atoms with Crippen molar-refractivity contribution in [2.45, 2.75) is 70.4 Å². The lowest BCUT2D eigenvalue weighted by Gasteiger charge is -2.22. The lowest BCUT2D eigenvalue weighted by Crippen LogP contribution is -2.25. The summed E-state index contributed by atoms with van der Waals surface area (Å²) in [5, 5.41) is 17.2. The molecule has 2 unspecified atom stereocenters. The minimum Gasteiger partial charge on any atom is -0.478 e. The van der Waals surface area contributed by atoms with E-state index in [-0.39, 0.29) is 18.2 Å². The molecule has 0 aliphatic heterocycles. The third-order valence-electron chi connectivity index (χ3n) is 5.04. The number of ether oxygens (including phenoxy) is 1. The van der Waals surface area contributed by atoms with Crippen LogP contribution in [0.5, 0.6) is 5.88 Å². The van der Waals surface area contributed by atoms with Crippen molar-refractivity contribution in [2.75, 3.05) is 18.5 Å². The molecule has 28 heavy (non-hydrogen) atoms. The van der Waals surface area contributed by atoms with Crippen LogP contribution in [0.2, 0.25) is 0 Å². The number of rotatable bonds is 8. The van der Waals surface area contributed by atoms with Crippen molar-refractivity contribution in [1.82, 2.24) is 14.8 Å². The fourth-order valence-electron chi connectivity index (χ4n) is 3.57. The van der Waals surface area contributed by atoms with Crippen molar-refractivity contribution in [1.29, 1.82) is 0 Å². The number of hydrogen-bond acceptors (Lipinski definition) is 6. The Hall–Kier alpha value is -2.12. The molecule has 1 saturated carbocycles. The Morgan fingerprint density at radius 2 is 2.11 bits per heavy atom. The monoisotopic (exact) mass is 387 g/mol. The highest BCUT2D eigenvalue weighted by molar-refractivity contribution is 5.54. The normalized spacial score (nSPS) is 19.8. The number of nitrogens with zero attached hydrogens (tertiary/aromatic N) is 3. The van der Waals surface area contributed by atoms with E-state index in [1.54, 1.807) is 0 Å². The van der Waals surface area contributed by atoms with Crippen molar-refractivity contribution in [3.8, 4) is 5.88 Å². The Kier molecular flexibility index (Phi) is 6.57. The molecule has 2 heterocycles. The average molecular weight is 388 g/mol. The molecule has 0 amide bonds.